The molecule has 2 rings (SSSR count). The van der Waals surface area contributed by atoms with Crippen LogP contribution in [0.2, 0.25) is 0 Å². The fourth-order valence-electron chi connectivity index (χ4n) is 1.72. The molecule has 2 amide bonds. The summed E-state index contributed by atoms with van der Waals surface area (Å²) in [7, 11) is 0. The highest BCUT2D eigenvalue weighted by atomic mass is 19.1. The number of anilines is 1. The Morgan fingerprint density at radius 3 is 2.48 bits per heavy atom. The topological polar surface area (TPSA) is 95.2 Å². The maximum atomic E-state index is 12.8. The molecule has 0 fully saturated rings. The van der Waals surface area contributed by atoms with Crippen molar-refractivity contribution < 1.29 is 18.4 Å². The van der Waals surface area contributed by atoms with Crippen molar-refractivity contribution in [3.8, 4) is 0 Å². The van der Waals surface area contributed by atoms with Crippen LogP contribution in [0.5, 0.6) is 0 Å². The molecular formula is C16H14FN3O3. The Morgan fingerprint density at radius 1 is 1.22 bits per heavy atom. The van der Waals surface area contributed by atoms with Crippen molar-refractivity contribution in [2.24, 2.45) is 0 Å². The van der Waals surface area contributed by atoms with Gasteiger partial charge in [-0.3, -0.25) is 15.0 Å². The van der Waals surface area contributed by atoms with Gasteiger partial charge in [0.25, 0.3) is 11.8 Å². The predicted molar refractivity (Wildman–Crippen MR) is 82.7 cm³/mol. The van der Waals surface area contributed by atoms with Crippen LogP contribution in [0, 0.1) is 11.2 Å². The minimum atomic E-state index is -0.725. The van der Waals surface area contributed by atoms with Gasteiger partial charge in [0.15, 0.2) is 0 Å². The molecule has 7 heteroatoms. The summed E-state index contributed by atoms with van der Waals surface area (Å²) in [5.41, 5.74) is 0.248. The van der Waals surface area contributed by atoms with Crippen LogP contribution < -0.4 is 10.6 Å². The molecule has 0 aliphatic carbocycles. The van der Waals surface area contributed by atoms with Gasteiger partial charge in [-0.05, 0) is 37.3 Å². The van der Waals surface area contributed by atoms with Crippen molar-refractivity contribution in [1.29, 1.82) is 5.41 Å². The van der Waals surface area contributed by atoms with Crippen molar-refractivity contribution in [3.63, 3.8) is 0 Å². The molecular weight excluding hydrogens is 301 g/mol. The Labute approximate surface area is 131 Å². The zero-order chi connectivity index (χ0) is 16.8. The first-order valence-corrected chi connectivity index (χ1v) is 6.67. The summed E-state index contributed by atoms with van der Waals surface area (Å²) in [5, 5.41) is 12.8. The second-order valence-electron chi connectivity index (χ2n) is 4.50. The Hall–Kier alpha value is -3.22. The molecule has 0 aliphatic rings. The Bertz CT molecular complexity index is 749. The van der Waals surface area contributed by atoms with E-state index in [0.29, 0.717) is 5.69 Å². The third kappa shape index (κ3) is 4.13. The normalized spacial score (nSPS) is 11.0. The fourth-order valence-corrected chi connectivity index (χ4v) is 1.72. The second-order valence-corrected chi connectivity index (χ2v) is 4.50. The number of allylic oxidation sites excluding steroid dienone is 1. The van der Waals surface area contributed by atoms with Gasteiger partial charge >= 0.3 is 0 Å². The molecule has 0 radical (unpaired) electrons. The van der Waals surface area contributed by atoms with Crippen LogP contribution in [0.25, 0.3) is 0 Å². The lowest BCUT2D eigenvalue weighted by Crippen LogP contribution is -2.33. The van der Waals surface area contributed by atoms with Crippen LogP contribution in [-0.4, -0.2) is 17.5 Å². The average molecular weight is 315 g/mol. The molecule has 1 heterocycles. The van der Waals surface area contributed by atoms with Gasteiger partial charge in [-0.25, -0.2) is 4.39 Å². The Kier molecular flexibility index (Phi) is 5.03. The number of amides is 2. The molecule has 3 N–H and O–H groups in total. The van der Waals surface area contributed by atoms with Gasteiger partial charge in [0, 0.05) is 5.69 Å². The van der Waals surface area contributed by atoms with Gasteiger partial charge in [0.05, 0.1) is 17.5 Å². The van der Waals surface area contributed by atoms with Crippen molar-refractivity contribution in [2.45, 2.75) is 6.92 Å². The number of benzene rings is 1. The molecule has 0 bridgehead atoms. The van der Waals surface area contributed by atoms with Crippen molar-refractivity contribution in [1.82, 2.24) is 5.32 Å². The highest BCUT2D eigenvalue weighted by Crippen LogP contribution is 2.09. The van der Waals surface area contributed by atoms with E-state index in [-0.39, 0.29) is 11.3 Å². The van der Waals surface area contributed by atoms with Crippen molar-refractivity contribution in [3.05, 3.63) is 66.0 Å². The minimum absolute atomic E-state index is 0.0517. The maximum absolute atomic E-state index is 12.8. The lowest BCUT2D eigenvalue weighted by Gasteiger charge is -2.10. The first kappa shape index (κ1) is 16.2. The van der Waals surface area contributed by atoms with E-state index in [2.05, 4.69) is 10.6 Å². The first-order valence-electron chi connectivity index (χ1n) is 6.67. The zero-order valence-corrected chi connectivity index (χ0v) is 12.2. The van der Waals surface area contributed by atoms with E-state index >= 15 is 0 Å². The first-order chi connectivity index (χ1) is 11.0. The van der Waals surface area contributed by atoms with E-state index < -0.39 is 23.3 Å². The third-order valence-electron chi connectivity index (χ3n) is 2.92. The van der Waals surface area contributed by atoms with Crippen LogP contribution in [-0.2, 0) is 4.79 Å². The third-order valence-corrected chi connectivity index (χ3v) is 2.92. The molecule has 0 saturated carbocycles. The summed E-state index contributed by atoms with van der Waals surface area (Å²) >= 11 is 0. The monoisotopic (exact) mass is 315 g/mol. The highest BCUT2D eigenvalue weighted by molar-refractivity contribution is 6.47. The fraction of sp³-hybridized carbons (Fsp3) is 0.0625. The van der Waals surface area contributed by atoms with E-state index in [1.165, 1.54) is 48.9 Å². The summed E-state index contributed by atoms with van der Waals surface area (Å²) in [6.45, 7) is 1.59. The lowest BCUT2D eigenvalue weighted by atomic mass is 10.2. The predicted octanol–water partition coefficient (Wildman–Crippen LogP) is 2.71. The van der Waals surface area contributed by atoms with E-state index in [9.17, 15) is 14.0 Å². The molecule has 6 nitrogen and oxygen atoms in total. The summed E-state index contributed by atoms with van der Waals surface area (Å²) < 4.78 is 17.6. The number of nitrogens with one attached hydrogen (secondary N) is 3. The molecule has 1 aromatic heterocycles. The Balaban J connectivity index is 2.03. The number of hydrogen-bond acceptors (Lipinski definition) is 4. The number of carbonyl (C=O) groups is 2. The van der Waals surface area contributed by atoms with Gasteiger partial charge in [-0.2, -0.15) is 0 Å². The van der Waals surface area contributed by atoms with Crippen LogP contribution in [0.3, 0.4) is 0 Å². The van der Waals surface area contributed by atoms with Crippen LogP contribution >= 0.6 is 0 Å². The summed E-state index contributed by atoms with van der Waals surface area (Å²) in [6.07, 6.45) is 4.03. The smallest absolute Gasteiger partial charge is 0.275 e. The van der Waals surface area contributed by atoms with Crippen LogP contribution in [0.4, 0.5) is 10.1 Å². The zero-order valence-electron chi connectivity index (χ0n) is 12.2. The molecule has 118 valence electrons. The maximum Gasteiger partial charge on any atom is 0.275 e. The van der Waals surface area contributed by atoms with E-state index in [1.54, 1.807) is 6.92 Å². The van der Waals surface area contributed by atoms with E-state index in [1.807, 2.05) is 0 Å². The van der Waals surface area contributed by atoms with Gasteiger partial charge < -0.3 is 15.1 Å². The SMILES string of the molecule is C/C=C(/NC(=O)c1ccoc1)C(=N)C(=O)Nc1ccc(F)cc1. The molecule has 0 aliphatic heterocycles. The number of carbonyl (C=O) groups excluding carboxylic acids is 2. The van der Waals surface area contributed by atoms with Crippen molar-refractivity contribution in [2.75, 3.05) is 5.32 Å². The van der Waals surface area contributed by atoms with E-state index in [4.69, 9.17) is 9.83 Å². The average Bonchev–Trinajstić information content (AvgIpc) is 3.08. The number of furan rings is 1. The highest BCUT2D eigenvalue weighted by Gasteiger charge is 2.17. The summed E-state index contributed by atoms with van der Waals surface area (Å²) in [4.78, 5) is 23.9. The van der Waals surface area contributed by atoms with Gasteiger partial charge in [0.1, 0.15) is 17.8 Å². The summed E-state index contributed by atoms with van der Waals surface area (Å²) in [5.74, 6) is -1.65. The van der Waals surface area contributed by atoms with Crippen molar-refractivity contribution >= 4 is 23.2 Å². The summed E-state index contributed by atoms with van der Waals surface area (Å²) in [6, 6.07) is 6.59. The number of halogens is 1. The second kappa shape index (κ2) is 7.17. The van der Waals surface area contributed by atoms with Gasteiger partial charge in [0.2, 0.25) is 0 Å². The molecule has 2 aromatic rings. The number of hydrogen-bond donors (Lipinski definition) is 3. The standard InChI is InChI=1S/C16H14FN3O3/c1-2-13(20-15(21)10-7-8-23-9-10)14(18)16(22)19-12-5-3-11(17)4-6-12/h2-9,18H,1H3,(H,19,22)(H,20,21)/b13-2+,18-14?. The molecule has 1 aromatic carbocycles. The van der Waals surface area contributed by atoms with Crippen LogP contribution in [0.15, 0.2) is 59.0 Å². The molecule has 0 unspecified atom stereocenters. The molecule has 0 atom stereocenters. The Morgan fingerprint density at radius 2 is 1.91 bits per heavy atom. The molecule has 23 heavy (non-hydrogen) atoms. The van der Waals surface area contributed by atoms with Gasteiger partial charge in [-0.15, -0.1) is 0 Å². The van der Waals surface area contributed by atoms with Crippen LogP contribution in [0.1, 0.15) is 17.3 Å². The van der Waals surface area contributed by atoms with Gasteiger partial charge in [-0.1, -0.05) is 6.08 Å². The largest absolute Gasteiger partial charge is 0.472 e. The quantitative estimate of drug-likeness (QED) is 0.740. The molecule has 0 spiro atoms. The lowest BCUT2D eigenvalue weighted by molar-refractivity contribution is -0.110. The van der Waals surface area contributed by atoms with E-state index in [0.717, 1.165) is 0 Å². The minimum Gasteiger partial charge on any atom is -0.472 e. The molecule has 0 saturated heterocycles. The number of rotatable bonds is 5.